The Balaban J connectivity index is 1.76. The fourth-order valence-corrected chi connectivity index (χ4v) is 3.96. The SMILES string of the molecule is O=C(O)Oc1sc(-c2ccccc2)cc1NCC(=O)C1CCCC1. The molecule has 0 spiro atoms. The zero-order chi connectivity index (χ0) is 16.9. The van der Waals surface area contributed by atoms with Gasteiger partial charge in [0.05, 0.1) is 12.2 Å². The molecule has 1 aromatic heterocycles. The number of carbonyl (C=O) groups is 2. The summed E-state index contributed by atoms with van der Waals surface area (Å²) in [4.78, 5) is 24.0. The maximum atomic E-state index is 12.2. The van der Waals surface area contributed by atoms with Crippen molar-refractivity contribution >= 4 is 29.0 Å². The number of carbonyl (C=O) groups excluding carboxylic acids is 1. The summed E-state index contributed by atoms with van der Waals surface area (Å²) in [6.07, 6.45) is 2.78. The first-order chi connectivity index (χ1) is 11.6. The van der Waals surface area contributed by atoms with Gasteiger partial charge in [-0.05, 0) is 24.5 Å². The van der Waals surface area contributed by atoms with Crippen LogP contribution in [0.4, 0.5) is 10.5 Å². The topological polar surface area (TPSA) is 75.6 Å². The van der Waals surface area contributed by atoms with Crippen molar-refractivity contribution in [1.29, 1.82) is 0 Å². The van der Waals surface area contributed by atoms with Crippen molar-refractivity contribution in [1.82, 2.24) is 0 Å². The van der Waals surface area contributed by atoms with Gasteiger partial charge in [-0.1, -0.05) is 54.5 Å². The van der Waals surface area contributed by atoms with E-state index in [1.54, 1.807) is 0 Å². The second kappa shape index (κ2) is 7.49. The van der Waals surface area contributed by atoms with E-state index in [4.69, 9.17) is 9.84 Å². The standard InChI is InChI=1S/C18H19NO4S/c20-15(12-6-4-5-7-12)11-19-14-10-16(13-8-2-1-3-9-13)24-17(14)23-18(21)22/h1-3,8-10,12,19H,4-7,11H2,(H,21,22). The van der Waals surface area contributed by atoms with E-state index in [9.17, 15) is 9.59 Å². The van der Waals surface area contributed by atoms with Crippen molar-refractivity contribution in [3.8, 4) is 15.5 Å². The van der Waals surface area contributed by atoms with Gasteiger partial charge in [0.15, 0.2) is 5.78 Å². The molecule has 5 nitrogen and oxygen atoms in total. The molecule has 0 bridgehead atoms. The molecule has 0 saturated heterocycles. The summed E-state index contributed by atoms with van der Waals surface area (Å²) in [7, 11) is 0. The molecule has 0 atom stereocenters. The minimum Gasteiger partial charge on any atom is -0.449 e. The van der Waals surface area contributed by atoms with Gasteiger partial charge in [0.2, 0.25) is 5.06 Å². The third kappa shape index (κ3) is 3.94. The van der Waals surface area contributed by atoms with Gasteiger partial charge >= 0.3 is 6.16 Å². The monoisotopic (exact) mass is 345 g/mol. The van der Waals surface area contributed by atoms with Crippen molar-refractivity contribution in [2.45, 2.75) is 25.7 Å². The van der Waals surface area contributed by atoms with Crippen molar-refractivity contribution < 1.29 is 19.4 Å². The van der Waals surface area contributed by atoms with Crippen LogP contribution in [0.25, 0.3) is 10.4 Å². The van der Waals surface area contributed by atoms with Gasteiger partial charge in [0.1, 0.15) is 0 Å². The first kappa shape index (κ1) is 16.5. The number of ether oxygens (including phenoxy) is 1. The Labute approximate surface area is 144 Å². The van der Waals surface area contributed by atoms with Crippen LogP contribution in [-0.4, -0.2) is 23.6 Å². The summed E-state index contributed by atoms with van der Waals surface area (Å²) in [6.45, 7) is 0.200. The largest absolute Gasteiger partial charge is 0.512 e. The average molecular weight is 345 g/mol. The highest BCUT2D eigenvalue weighted by Crippen LogP contribution is 2.41. The van der Waals surface area contributed by atoms with Crippen LogP contribution >= 0.6 is 11.3 Å². The first-order valence-electron chi connectivity index (χ1n) is 8.00. The molecule has 0 unspecified atom stereocenters. The second-order valence-electron chi connectivity index (χ2n) is 5.85. The molecule has 1 aromatic carbocycles. The molecule has 24 heavy (non-hydrogen) atoms. The van der Waals surface area contributed by atoms with E-state index in [-0.39, 0.29) is 23.3 Å². The molecule has 126 valence electrons. The molecule has 0 amide bonds. The van der Waals surface area contributed by atoms with Crippen LogP contribution in [0.3, 0.4) is 0 Å². The number of Topliss-reactive ketones (excluding diaryl/α,β-unsaturated/α-hetero) is 1. The number of benzene rings is 1. The van der Waals surface area contributed by atoms with Crippen LogP contribution in [0, 0.1) is 5.92 Å². The predicted molar refractivity (Wildman–Crippen MR) is 93.9 cm³/mol. The maximum absolute atomic E-state index is 12.2. The van der Waals surface area contributed by atoms with E-state index in [0.717, 1.165) is 36.1 Å². The van der Waals surface area contributed by atoms with Crippen LogP contribution in [0.15, 0.2) is 36.4 Å². The Morgan fingerprint density at radius 1 is 1.21 bits per heavy atom. The fraction of sp³-hybridized carbons (Fsp3) is 0.333. The zero-order valence-electron chi connectivity index (χ0n) is 13.2. The molecule has 1 heterocycles. The number of rotatable bonds is 6. The van der Waals surface area contributed by atoms with Crippen LogP contribution in [0.1, 0.15) is 25.7 Å². The number of hydrogen-bond donors (Lipinski definition) is 2. The molecule has 0 radical (unpaired) electrons. The van der Waals surface area contributed by atoms with Crippen molar-refractivity contribution in [3.63, 3.8) is 0 Å². The number of ketones is 1. The van der Waals surface area contributed by atoms with E-state index in [2.05, 4.69) is 5.32 Å². The summed E-state index contributed by atoms with van der Waals surface area (Å²) in [5.74, 6) is 0.315. The Hall–Kier alpha value is -2.34. The first-order valence-corrected chi connectivity index (χ1v) is 8.82. The quantitative estimate of drug-likeness (QED) is 0.746. The highest BCUT2D eigenvalue weighted by Gasteiger charge is 2.23. The van der Waals surface area contributed by atoms with Crippen molar-refractivity contribution in [2.75, 3.05) is 11.9 Å². The molecule has 0 aliphatic heterocycles. The van der Waals surface area contributed by atoms with Crippen molar-refractivity contribution in [2.24, 2.45) is 5.92 Å². The lowest BCUT2D eigenvalue weighted by molar-refractivity contribution is -0.120. The zero-order valence-corrected chi connectivity index (χ0v) is 14.0. The van der Waals surface area contributed by atoms with Gasteiger partial charge < -0.3 is 15.2 Å². The molecular formula is C18H19NO4S. The lowest BCUT2D eigenvalue weighted by Gasteiger charge is -2.09. The van der Waals surface area contributed by atoms with Gasteiger partial charge in [-0.3, -0.25) is 4.79 Å². The van der Waals surface area contributed by atoms with E-state index < -0.39 is 6.16 Å². The molecule has 1 aliphatic rings. The van der Waals surface area contributed by atoms with E-state index in [1.807, 2.05) is 36.4 Å². The molecule has 2 N–H and O–H groups in total. The van der Waals surface area contributed by atoms with Crippen LogP contribution in [0.2, 0.25) is 0 Å². The lowest BCUT2D eigenvalue weighted by Crippen LogP contribution is -2.21. The normalized spacial score (nSPS) is 14.5. The molecule has 1 saturated carbocycles. The van der Waals surface area contributed by atoms with Gasteiger partial charge in [0, 0.05) is 10.8 Å². The fourth-order valence-electron chi connectivity index (χ4n) is 2.97. The maximum Gasteiger partial charge on any atom is 0.512 e. The molecule has 1 fully saturated rings. The summed E-state index contributed by atoms with van der Waals surface area (Å²) in [5.41, 5.74) is 1.53. The van der Waals surface area contributed by atoms with Crippen molar-refractivity contribution in [3.05, 3.63) is 36.4 Å². The highest BCUT2D eigenvalue weighted by molar-refractivity contribution is 7.18. The van der Waals surface area contributed by atoms with Crippen LogP contribution in [0.5, 0.6) is 5.06 Å². The predicted octanol–water partition coefficient (Wildman–Crippen LogP) is 4.64. The minimum atomic E-state index is -1.36. The summed E-state index contributed by atoms with van der Waals surface area (Å²) >= 11 is 1.25. The minimum absolute atomic E-state index is 0.133. The summed E-state index contributed by atoms with van der Waals surface area (Å²) < 4.78 is 4.87. The molecule has 2 aromatic rings. The Bertz CT molecular complexity index is 720. The third-order valence-electron chi connectivity index (χ3n) is 4.20. The van der Waals surface area contributed by atoms with E-state index in [0.29, 0.717) is 5.69 Å². The molecule has 6 heteroatoms. The Kier molecular flexibility index (Phi) is 5.15. The number of hydrogen-bond acceptors (Lipinski definition) is 5. The Morgan fingerprint density at radius 2 is 1.92 bits per heavy atom. The highest BCUT2D eigenvalue weighted by atomic mass is 32.1. The summed E-state index contributed by atoms with van der Waals surface area (Å²) in [5, 5.41) is 12.2. The van der Waals surface area contributed by atoms with E-state index in [1.165, 1.54) is 11.3 Å². The smallest absolute Gasteiger partial charge is 0.449 e. The third-order valence-corrected chi connectivity index (χ3v) is 5.26. The Morgan fingerprint density at radius 3 is 2.58 bits per heavy atom. The summed E-state index contributed by atoms with van der Waals surface area (Å²) in [6, 6.07) is 11.5. The molecule has 3 rings (SSSR count). The van der Waals surface area contributed by atoms with Gasteiger partial charge in [-0.2, -0.15) is 0 Å². The van der Waals surface area contributed by atoms with Crippen LogP contribution < -0.4 is 10.1 Å². The lowest BCUT2D eigenvalue weighted by atomic mass is 10.0. The van der Waals surface area contributed by atoms with Gasteiger partial charge in [-0.25, -0.2) is 4.79 Å². The molecule has 1 aliphatic carbocycles. The van der Waals surface area contributed by atoms with Gasteiger partial charge in [-0.15, -0.1) is 0 Å². The van der Waals surface area contributed by atoms with Gasteiger partial charge in [0.25, 0.3) is 0 Å². The average Bonchev–Trinajstić information content (AvgIpc) is 3.23. The number of thiophene rings is 1. The second-order valence-corrected chi connectivity index (χ2v) is 6.86. The number of anilines is 1. The van der Waals surface area contributed by atoms with Crippen LogP contribution in [-0.2, 0) is 4.79 Å². The number of carboxylic acid groups (broad SMARTS) is 1. The number of nitrogens with one attached hydrogen (secondary N) is 1. The van der Waals surface area contributed by atoms with E-state index >= 15 is 0 Å². The molecular weight excluding hydrogens is 326 g/mol.